The molecular formula is C10H16Br2N3O12P3. The Kier molecular flexibility index (Phi) is 7.97. The fourth-order valence-corrected chi connectivity index (χ4v) is 7.07. The Hall–Kier alpha value is 0.01000. The number of hydrogen-bond acceptors (Lipinski definition) is 10. The normalized spacial score (nSPS) is 26.8. The van der Waals surface area contributed by atoms with Crippen LogP contribution in [0.5, 0.6) is 0 Å². The highest BCUT2D eigenvalue weighted by Crippen LogP contribution is 2.81. The Balaban J connectivity index is 2.05. The molecule has 1 fully saturated rings. The SMILES string of the molecule is Nc1ccn([C@H]2C[C@H](O)[C@@H](COP(=O)(O)OP(=O)(O)C(Br)(Br)P(=O)(O)O)O2)c(=O)n1. The van der Waals surface area contributed by atoms with Crippen LogP contribution in [0, 0.1) is 0 Å². The summed E-state index contributed by atoms with van der Waals surface area (Å²) in [6.45, 7) is -0.837. The summed E-state index contributed by atoms with van der Waals surface area (Å²) in [7, 11) is -16.3. The molecule has 2 heterocycles. The first-order valence-corrected chi connectivity index (χ1v) is 13.9. The van der Waals surface area contributed by atoms with E-state index in [1.807, 2.05) is 0 Å². The molecule has 0 saturated carbocycles. The van der Waals surface area contributed by atoms with Gasteiger partial charge in [0, 0.05) is 12.6 Å². The molecule has 0 aromatic carbocycles. The minimum Gasteiger partial charge on any atom is -0.390 e. The van der Waals surface area contributed by atoms with Crippen molar-refractivity contribution in [1.29, 1.82) is 0 Å². The summed E-state index contributed by atoms with van der Waals surface area (Å²) in [6.07, 6.45) is -2.41. The van der Waals surface area contributed by atoms with Gasteiger partial charge in [0.05, 0.1) is 12.7 Å². The number of aliphatic hydroxyl groups excluding tert-OH is 1. The van der Waals surface area contributed by atoms with Gasteiger partial charge in [-0.1, -0.05) is 0 Å². The molecule has 1 aromatic rings. The smallest absolute Gasteiger partial charge is 0.390 e. The van der Waals surface area contributed by atoms with Crippen LogP contribution in [0.25, 0.3) is 0 Å². The Morgan fingerprint density at radius 2 is 1.90 bits per heavy atom. The van der Waals surface area contributed by atoms with Gasteiger partial charge in [0.25, 0.3) is 2.72 Å². The third-order valence-corrected chi connectivity index (χ3v) is 14.2. The highest BCUT2D eigenvalue weighted by Gasteiger charge is 2.61. The zero-order valence-electron chi connectivity index (χ0n) is 14.5. The molecule has 0 bridgehead atoms. The van der Waals surface area contributed by atoms with Crippen molar-refractivity contribution in [3.8, 4) is 0 Å². The van der Waals surface area contributed by atoms with Crippen molar-refractivity contribution in [3.05, 3.63) is 22.7 Å². The molecule has 0 aliphatic carbocycles. The van der Waals surface area contributed by atoms with Crippen molar-refractivity contribution in [3.63, 3.8) is 0 Å². The average molecular weight is 623 g/mol. The molecule has 30 heavy (non-hydrogen) atoms. The standard InChI is InChI=1S/C10H16Br2N3O12P3/c11-10(12,28(18,19)20)29(21,22)27-30(23,24)25-4-6-5(16)3-8(26-6)15-2-1-7(13)14-9(15)17/h1-2,5-6,8,16H,3-4H2,(H,21,22)(H,23,24)(H2,13,14,17)(H2,18,19,20)/t5-,6+,8+/m0/s1. The van der Waals surface area contributed by atoms with Crippen LogP contribution in [0.3, 0.4) is 0 Å². The lowest BCUT2D eigenvalue weighted by molar-refractivity contribution is -0.0447. The van der Waals surface area contributed by atoms with Gasteiger partial charge in [-0.15, -0.1) is 0 Å². The lowest BCUT2D eigenvalue weighted by atomic mass is 10.2. The second kappa shape index (κ2) is 9.10. The van der Waals surface area contributed by atoms with Crippen LogP contribution < -0.4 is 11.4 Å². The second-order valence-corrected chi connectivity index (χ2v) is 17.5. The molecule has 20 heteroatoms. The van der Waals surface area contributed by atoms with Gasteiger partial charge >= 0.3 is 28.7 Å². The van der Waals surface area contributed by atoms with Crippen LogP contribution in [0.15, 0.2) is 17.1 Å². The number of ether oxygens (including phenoxy) is 1. The molecule has 5 atom stereocenters. The van der Waals surface area contributed by atoms with E-state index < -0.39 is 56.5 Å². The van der Waals surface area contributed by atoms with Gasteiger partial charge in [-0.2, -0.15) is 4.98 Å². The number of nitrogens with two attached hydrogens (primary N) is 1. The maximum atomic E-state index is 12.1. The molecule has 7 N–H and O–H groups in total. The fraction of sp³-hybridized carbons (Fsp3) is 0.600. The number of halogens is 2. The minimum absolute atomic E-state index is 0.0357. The second-order valence-electron chi connectivity index (χ2n) is 5.89. The van der Waals surface area contributed by atoms with E-state index in [2.05, 4.69) is 45.7 Å². The van der Waals surface area contributed by atoms with Crippen LogP contribution in [-0.2, 0) is 27.3 Å². The summed E-state index contributed by atoms with van der Waals surface area (Å²) in [5.74, 6) is -0.0357. The number of aromatic nitrogens is 2. The van der Waals surface area contributed by atoms with E-state index in [4.69, 9.17) is 20.3 Å². The molecule has 15 nitrogen and oxygen atoms in total. The van der Waals surface area contributed by atoms with E-state index in [1.54, 1.807) is 0 Å². The Labute approximate surface area is 184 Å². The monoisotopic (exact) mass is 621 g/mol. The molecule has 1 aliphatic rings. The van der Waals surface area contributed by atoms with E-state index in [0.717, 1.165) is 4.57 Å². The number of rotatable bonds is 8. The lowest BCUT2D eigenvalue weighted by Crippen LogP contribution is -2.28. The van der Waals surface area contributed by atoms with Crippen molar-refractivity contribution < 1.29 is 51.9 Å². The average Bonchev–Trinajstić information content (AvgIpc) is 2.91. The fourth-order valence-electron chi connectivity index (χ4n) is 2.23. The van der Waals surface area contributed by atoms with Crippen LogP contribution in [0.1, 0.15) is 12.6 Å². The number of anilines is 1. The summed E-state index contributed by atoms with van der Waals surface area (Å²) >= 11 is 4.53. The van der Waals surface area contributed by atoms with E-state index in [0.29, 0.717) is 0 Å². The molecular weight excluding hydrogens is 607 g/mol. The maximum absolute atomic E-state index is 12.1. The molecule has 1 aromatic heterocycles. The van der Waals surface area contributed by atoms with Gasteiger partial charge in [-0.3, -0.25) is 18.2 Å². The van der Waals surface area contributed by atoms with Crippen molar-refractivity contribution in [2.24, 2.45) is 0 Å². The summed E-state index contributed by atoms with van der Waals surface area (Å²) in [4.78, 5) is 52.9. The quantitative estimate of drug-likeness (QED) is 0.170. The number of aliphatic hydroxyl groups is 1. The van der Waals surface area contributed by atoms with E-state index in [9.17, 15) is 33.4 Å². The number of nitrogens with zero attached hydrogens (tertiary/aromatic N) is 2. The van der Waals surface area contributed by atoms with Crippen molar-refractivity contribution in [2.75, 3.05) is 12.3 Å². The predicted molar refractivity (Wildman–Crippen MR) is 107 cm³/mol. The number of alkyl halides is 2. The maximum Gasteiger partial charge on any atom is 0.479 e. The molecule has 2 unspecified atom stereocenters. The topological polar surface area (TPSA) is 241 Å². The lowest BCUT2D eigenvalue weighted by Gasteiger charge is -2.27. The van der Waals surface area contributed by atoms with Gasteiger partial charge in [0.15, 0.2) is 0 Å². The first kappa shape index (κ1) is 26.3. The minimum atomic E-state index is -5.52. The van der Waals surface area contributed by atoms with E-state index in [1.165, 1.54) is 12.3 Å². The summed E-state index contributed by atoms with van der Waals surface area (Å²) in [6, 6.07) is 1.31. The summed E-state index contributed by atoms with van der Waals surface area (Å²) in [5, 5.41) is 10.0. The van der Waals surface area contributed by atoms with Crippen molar-refractivity contribution in [2.45, 2.75) is 27.6 Å². The first-order valence-electron chi connectivity index (χ1n) is 7.60. The van der Waals surface area contributed by atoms with E-state index in [-0.39, 0.29) is 12.2 Å². The molecule has 1 saturated heterocycles. The van der Waals surface area contributed by atoms with Gasteiger partial charge in [0.1, 0.15) is 18.1 Å². The zero-order chi connectivity index (χ0) is 23.1. The molecule has 1 aliphatic heterocycles. The predicted octanol–water partition coefficient (Wildman–Crippen LogP) is 0.372. The highest BCUT2D eigenvalue weighted by atomic mass is 79.9. The molecule has 0 amide bonds. The van der Waals surface area contributed by atoms with Gasteiger partial charge in [0.2, 0.25) is 0 Å². The van der Waals surface area contributed by atoms with Crippen molar-refractivity contribution in [1.82, 2.24) is 9.55 Å². The third kappa shape index (κ3) is 5.87. The van der Waals surface area contributed by atoms with Crippen LogP contribution >= 0.6 is 54.9 Å². The largest absolute Gasteiger partial charge is 0.479 e. The number of hydrogen-bond donors (Lipinski definition) is 6. The number of phosphoric acid groups is 1. The Morgan fingerprint density at radius 1 is 1.30 bits per heavy atom. The van der Waals surface area contributed by atoms with Gasteiger partial charge in [-0.05, 0) is 37.9 Å². The summed E-state index contributed by atoms with van der Waals surface area (Å²) in [5.41, 5.74) is 4.61. The highest BCUT2D eigenvalue weighted by molar-refractivity contribution is 9.29. The van der Waals surface area contributed by atoms with Gasteiger partial charge < -0.3 is 35.2 Å². The number of nitrogen functional groups attached to an aromatic ring is 1. The Morgan fingerprint density at radius 3 is 2.43 bits per heavy atom. The van der Waals surface area contributed by atoms with Crippen LogP contribution in [-0.4, -0.2) is 55.8 Å². The van der Waals surface area contributed by atoms with Crippen LogP contribution in [0.2, 0.25) is 0 Å². The van der Waals surface area contributed by atoms with Crippen molar-refractivity contribution >= 4 is 60.7 Å². The molecule has 2 rings (SSSR count). The van der Waals surface area contributed by atoms with E-state index >= 15 is 0 Å². The molecule has 0 radical (unpaired) electrons. The number of phosphoric ester groups is 1. The van der Waals surface area contributed by atoms with Gasteiger partial charge in [-0.25, -0.2) is 13.7 Å². The summed E-state index contributed by atoms with van der Waals surface area (Å²) < 4.78 is 47.2. The third-order valence-electron chi connectivity index (χ3n) is 3.67. The van der Waals surface area contributed by atoms with Crippen LogP contribution in [0.4, 0.5) is 5.82 Å². The zero-order valence-corrected chi connectivity index (χ0v) is 20.3. The Bertz CT molecular complexity index is 998. The molecule has 0 spiro atoms. The molecule has 172 valence electrons. The first-order chi connectivity index (χ1) is 13.5.